The summed E-state index contributed by atoms with van der Waals surface area (Å²) in [7, 11) is -2.92. The molecule has 0 spiro atoms. The summed E-state index contributed by atoms with van der Waals surface area (Å²) in [5, 5.41) is 3.83. The number of nitrogens with one attached hydrogen (secondary N) is 1. The van der Waals surface area contributed by atoms with Crippen molar-refractivity contribution in [3.8, 4) is 0 Å². The fraction of sp³-hybridized carbons (Fsp3) is 0.455. The fourth-order valence-corrected chi connectivity index (χ4v) is 2.69. The fourth-order valence-electron chi connectivity index (χ4n) is 1.45. The van der Waals surface area contributed by atoms with Crippen LogP contribution in [0.15, 0.2) is 24.3 Å². The average Bonchev–Trinajstić information content (AvgIpc) is 2.12. The molecule has 0 aliphatic heterocycles. The van der Waals surface area contributed by atoms with E-state index in [1.54, 1.807) is 0 Å². The van der Waals surface area contributed by atoms with E-state index in [1.165, 1.54) is 6.26 Å². The Labute approximate surface area is 102 Å². The number of hydrogen-bond donors (Lipinski definition) is 1. The summed E-state index contributed by atoms with van der Waals surface area (Å²) < 4.78 is 22.1. The second kappa shape index (κ2) is 5.66. The van der Waals surface area contributed by atoms with Crippen LogP contribution in [0.5, 0.6) is 0 Å². The van der Waals surface area contributed by atoms with Crippen molar-refractivity contribution in [3.05, 3.63) is 34.9 Å². The topological polar surface area (TPSA) is 46.2 Å². The minimum Gasteiger partial charge on any atom is -0.309 e. The maximum atomic E-state index is 11.0. The minimum absolute atomic E-state index is 0.0611. The van der Waals surface area contributed by atoms with E-state index < -0.39 is 9.84 Å². The predicted octanol–water partition coefficient (Wildman–Crippen LogP) is 1.86. The number of sulfone groups is 1. The zero-order chi connectivity index (χ0) is 12.2. The van der Waals surface area contributed by atoms with E-state index in [1.807, 2.05) is 31.2 Å². The zero-order valence-electron chi connectivity index (χ0n) is 9.40. The van der Waals surface area contributed by atoms with Gasteiger partial charge in [-0.3, -0.25) is 0 Å². The summed E-state index contributed by atoms with van der Waals surface area (Å²) in [6.07, 6.45) is 1.24. The lowest BCUT2D eigenvalue weighted by Crippen LogP contribution is -2.32. The predicted molar refractivity (Wildman–Crippen MR) is 67.5 cm³/mol. The van der Waals surface area contributed by atoms with Crippen LogP contribution in [-0.4, -0.2) is 26.5 Å². The van der Waals surface area contributed by atoms with Gasteiger partial charge >= 0.3 is 0 Å². The molecule has 0 aliphatic carbocycles. The molecule has 0 saturated carbocycles. The normalized spacial score (nSPS) is 13.7. The van der Waals surface area contributed by atoms with Crippen LogP contribution in [0.25, 0.3) is 0 Å². The van der Waals surface area contributed by atoms with E-state index in [0.29, 0.717) is 11.6 Å². The van der Waals surface area contributed by atoms with E-state index >= 15 is 0 Å². The first-order valence-corrected chi connectivity index (χ1v) is 7.46. The van der Waals surface area contributed by atoms with Gasteiger partial charge < -0.3 is 5.32 Å². The smallest absolute Gasteiger partial charge is 0.148 e. The lowest BCUT2D eigenvalue weighted by molar-refractivity contribution is 0.560. The third kappa shape index (κ3) is 5.49. The van der Waals surface area contributed by atoms with Crippen LogP contribution in [0.3, 0.4) is 0 Å². The highest BCUT2D eigenvalue weighted by Gasteiger charge is 2.09. The van der Waals surface area contributed by atoms with Gasteiger partial charge in [-0.1, -0.05) is 23.7 Å². The summed E-state index contributed by atoms with van der Waals surface area (Å²) in [5.74, 6) is 0.146. The Morgan fingerprint density at radius 3 is 2.69 bits per heavy atom. The number of rotatable bonds is 5. The highest BCUT2D eigenvalue weighted by molar-refractivity contribution is 7.90. The van der Waals surface area contributed by atoms with Crippen LogP contribution in [0.2, 0.25) is 5.02 Å². The van der Waals surface area contributed by atoms with Crippen LogP contribution in [-0.2, 0) is 16.4 Å². The molecule has 3 nitrogen and oxygen atoms in total. The van der Waals surface area contributed by atoms with Crippen molar-refractivity contribution in [2.45, 2.75) is 19.5 Å². The van der Waals surface area contributed by atoms with Crippen molar-refractivity contribution in [2.24, 2.45) is 0 Å². The lowest BCUT2D eigenvalue weighted by atomic mass is 10.2. The molecule has 0 unspecified atom stereocenters. The van der Waals surface area contributed by atoms with Gasteiger partial charge in [0.05, 0.1) is 5.75 Å². The van der Waals surface area contributed by atoms with Gasteiger partial charge in [-0.05, 0) is 24.6 Å². The second-order valence-electron chi connectivity index (χ2n) is 4.00. The van der Waals surface area contributed by atoms with Gasteiger partial charge in [0.25, 0.3) is 0 Å². The van der Waals surface area contributed by atoms with Crippen molar-refractivity contribution in [3.63, 3.8) is 0 Å². The molecule has 90 valence electrons. The van der Waals surface area contributed by atoms with Gasteiger partial charge in [-0.15, -0.1) is 0 Å². The molecule has 5 heteroatoms. The van der Waals surface area contributed by atoms with Gasteiger partial charge in [-0.25, -0.2) is 8.42 Å². The molecule has 0 radical (unpaired) electrons. The maximum absolute atomic E-state index is 11.0. The second-order valence-corrected chi connectivity index (χ2v) is 6.63. The molecular formula is C11H16ClNO2S. The van der Waals surface area contributed by atoms with Crippen molar-refractivity contribution in [2.75, 3.05) is 12.0 Å². The summed E-state index contributed by atoms with van der Waals surface area (Å²) >= 11 is 5.84. The molecule has 0 aromatic heterocycles. The van der Waals surface area contributed by atoms with Crippen molar-refractivity contribution in [1.29, 1.82) is 0 Å². The molecule has 0 saturated heterocycles. The van der Waals surface area contributed by atoms with Crippen molar-refractivity contribution >= 4 is 21.4 Å². The average molecular weight is 262 g/mol. The third-order valence-electron chi connectivity index (χ3n) is 2.10. The highest BCUT2D eigenvalue weighted by Crippen LogP contribution is 2.10. The standard InChI is InChI=1S/C11H16ClNO2S/c1-9(8-16(2,14)15)13-7-10-4-3-5-11(12)6-10/h3-6,9,13H,7-8H2,1-2H3/t9-/m0/s1. The Bertz CT molecular complexity index is 445. The number of benzene rings is 1. The Morgan fingerprint density at radius 2 is 2.12 bits per heavy atom. The minimum atomic E-state index is -2.92. The Balaban J connectivity index is 2.46. The molecule has 0 amide bonds. The van der Waals surface area contributed by atoms with E-state index in [9.17, 15) is 8.42 Å². The first-order valence-electron chi connectivity index (χ1n) is 5.02. The van der Waals surface area contributed by atoms with Crippen molar-refractivity contribution in [1.82, 2.24) is 5.32 Å². The zero-order valence-corrected chi connectivity index (χ0v) is 11.0. The quantitative estimate of drug-likeness (QED) is 0.880. The SMILES string of the molecule is C[C@@H](CS(C)(=O)=O)NCc1cccc(Cl)c1. The summed E-state index contributed by atoms with van der Waals surface area (Å²) in [5.41, 5.74) is 1.05. The first-order chi connectivity index (χ1) is 7.37. The monoisotopic (exact) mass is 261 g/mol. The van der Waals surface area contributed by atoms with Crippen LogP contribution in [0.4, 0.5) is 0 Å². The van der Waals surface area contributed by atoms with E-state index in [0.717, 1.165) is 5.56 Å². The third-order valence-corrected chi connectivity index (χ3v) is 3.44. The number of hydrogen-bond acceptors (Lipinski definition) is 3. The van der Waals surface area contributed by atoms with Gasteiger partial charge in [0.1, 0.15) is 9.84 Å². The van der Waals surface area contributed by atoms with Crippen LogP contribution in [0.1, 0.15) is 12.5 Å². The van der Waals surface area contributed by atoms with Crippen LogP contribution >= 0.6 is 11.6 Å². The summed E-state index contributed by atoms with van der Waals surface area (Å²) in [6, 6.07) is 7.44. The number of halogens is 1. The molecule has 0 bridgehead atoms. The van der Waals surface area contributed by atoms with Crippen molar-refractivity contribution < 1.29 is 8.42 Å². The van der Waals surface area contributed by atoms with Crippen LogP contribution < -0.4 is 5.32 Å². The molecule has 0 heterocycles. The molecular weight excluding hydrogens is 246 g/mol. The molecule has 0 aliphatic rings. The Kier molecular flexibility index (Phi) is 4.77. The highest BCUT2D eigenvalue weighted by atomic mass is 35.5. The maximum Gasteiger partial charge on any atom is 0.148 e. The molecule has 1 aromatic rings. The van der Waals surface area contributed by atoms with Gasteiger partial charge in [0.2, 0.25) is 0 Å². The Morgan fingerprint density at radius 1 is 1.44 bits per heavy atom. The largest absolute Gasteiger partial charge is 0.309 e. The molecule has 1 aromatic carbocycles. The van der Waals surface area contributed by atoms with Crippen LogP contribution in [0, 0.1) is 0 Å². The summed E-state index contributed by atoms with van der Waals surface area (Å²) in [6.45, 7) is 2.48. The van der Waals surface area contributed by atoms with Gasteiger partial charge in [0, 0.05) is 23.9 Å². The Hall–Kier alpha value is -0.580. The molecule has 1 N–H and O–H groups in total. The molecule has 0 fully saturated rings. The van der Waals surface area contributed by atoms with Gasteiger partial charge in [-0.2, -0.15) is 0 Å². The van der Waals surface area contributed by atoms with E-state index in [4.69, 9.17) is 11.6 Å². The molecule has 1 rings (SSSR count). The van der Waals surface area contributed by atoms with Gasteiger partial charge in [0.15, 0.2) is 0 Å². The first kappa shape index (κ1) is 13.5. The lowest BCUT2D eigenvalue weighted by Gasteiger charge is -2.12. The van der Waals surface area contributed by atoms with E-state index in [-0.39, 0.29) is 11.8 Å². The molecule has 16 heavy (non-hydrogen) atoms. The molecule has 1 atom stereocenters. The summed E-state index contributed by atoms with van der Waals surface area (Å²) in [4.78, 5) is 0. The van der Waals surface area contributed by atoms with E-state index in [2.05, 4.69) is 5.32 Å².